The number of carbonyl (C=O) groups excluding carboxylic acids is 1. The summed E-state index contributed by atoms with van der Waals surface area (Å²) in [4.78, 5) is 10.5. The van der Waals surface area contributed by atoms with Crippen LogP contribution in [0.3, 0.4) is 0 Å². The molecule has 17 heavy (non-hydrogen) atoms. The number of nitrogens with one attached hydrogen (secondary N) is 1. The molecule has 0 bridgehead atoms. The van der Waals surface area contributed by atoms with Crippen molar-refractivity contribution >= 4 is 15.9 Å². The van der Waals surface area contributed by atoms with Gasteiger partial charge in [-0.05, 0) is 30.7 Å². The lowest BCUT2D eigenvalue weighted by atomic mass is 10.2. The molecule has 0 radical (unpaired) electrons. The van der Waals surface area contributed by atoms with Crippen molar-refractivity contribution in [2.75, 3.05) is 6.54 Å². The zero-order valence-electron chi connectivity index (χ0n) is 9.23. The Labute approximate surface area is 98.9 Å². The van der Waals surface area contributed by atoms with Gasteiger partial charge in [0.1, 0.15) is 5.82 Å². The topological polar surface area (TPSA) is 89.3 Å². The van der Waals surface area contributed by atoms with Gasteiger partial charge in [-0.2, -0.15) is 0 Å². The van der Waals surface area contributed by atoms with Crippen molar-refractivity contribution in [3.8, 4) is 0 Å². The number of halogens is 1. The summed E-state index contributed by atoms with van der Waals surface area (Å²) >= 11 is 0. The van der Waals surface area contributed by atoms with Crippen LogP contribution in [0.25, 0.3) is 0 Å². The van der Waals surface area contributed by atoms with Crippen LogP contribution in [-0.4, -0.2) is 20.9 Å². The Morgan fingerprint density at radius 1 is 1.47 bits per heavy atom. The molecule has 7 heteroatoms. The van der Waals surface area contributed by atoms with Crippen molar-refractivity contribution in [3.63, 3.8) is 0 Å². The molecule has 94 valence electrons. The van der Waals surface area contributed by atoms with E-state index >= 15 is 0 Å². The minimum Gasteiger partial charge on any atom is -0.370 e. The number of nitrogens with two attached hydrogens (primary N) is 1. The molecule has 0 atom stereocenters. The fourth-order valence-corrected chi connectivity index (χ4v) is 2.56. The summed E-state index contributed by atoms with van der Waals surface area (Å²) < 4.78 is 38.6. The molecule has 0 aliphatic rings. The van der Waals surface area contributed by atoms with Crippen molar-refractivity contribution in [1.29, 1.82) is 0 Å². The van der Waals surface area contributed by atoms with Gasteiger partial charge in [0.05, 0.1) is 4.90 Å². The number of aryl methyl sites for hydroxylation is 1. The lowest BCUT2D eigenvalue weighted by molar-refractivity contribution is -0.117. The smallest absolute Gasteiger partial charge is 0.240 e. The predicted molar refractivity (Wildman–Crippen MR) is 60.1 cm³/mol. The third kappa shape index (κ3) is 3.79. The lowest BCUT2D eigenvalue weighted by Crippen LogP contribution is -2.28. The van der Waals surface area contributed by atoms with Gasteiger partial charge >= 0.3 is 0 Å². The third-order valence-electron chi connectivity index (χ3n) is 2.09. The molecule has 0 saturated heterocycles. The second kappa shape index (κ2) is 5.24. The first kappa shape index (κ1) is 13.6. The first-order chi connectivity index (χ1) is 7.83. The van der Waals surface area contributed by atoms with E-state index < -0.39 is 21.7 Å². The van der Waals surface area contributed by atoms with Crippen molar-refractivity contribution in [3.05, 3.63) is 29.6 Å². The van der Waals surface area contributed by atoms with E-state index in [0.29, 0.717) is 5.56 Å². The molecule has 5 nitrogen and oxygen atoms in total. The molecular weight excluding hydrogens is 247 g/mol. The van der Waals surface area contributed by atoms with Gasteiger partial charge in [-0.1, -0.05) is 0 Å². The van der Waals surface area contributed by atoms with Gasteiger partial charge in [0.25, 0.3) is 0 Å². The Hall–Kier alpha value is -1.47. The average Bonchev–Trinajstić information content (AvgIpc) is 2.15. The van der Waals surface area contributed by atoms with Crippen molar-refractivity contribution in [2.45, 2.75) is 18.2 Å². The first-order valence-corrected chi connectivity index (χ1v) is 6.35. The van der Waals surface area contributed by atoms with Crippen LogP contribution in [0.4, 0.5) is 4.39 Å². The molecule has 0 aliphatic carbocycles. The number of hydrogen-bond donors (Lipinski definition) is 2. The van der Waals surface area contributed by atoms with E-state index in [9.17, 15) is 17.6 Å². The Kier molecular flexibility index (Phi) is 4.19. The summed E-state index contributed by atoms with van der Waals surface area (Å²) in [6.45, 7) is 1.42. The van der Waals surface area contributed by atoms with Crippen LogP contribution >= 0.6 is 0 Å². The van der Waals surface area contributed by atoms with Crippen LogP contribution in [0.2, 0.25) is 0 Å². The zero-order valence-corrected chi connectivity index (χ0v) is 10.1. The van der Waals surface area contributed by atoms with E-state index in [1.54, 1.807) is 0 Å². The summed E-state index contributed by atoms with van der Waals surface area (Å²) in [5.41, 5.74) is 5.19. The van der Waals surface area contributed by atoms with E-state index in [0.717, 1.165) is 12.1 Å². The number of primary amides is 1. The van der Waals surface area contributed by atoms with E-state index in [-0.39, 0.29) is 17.9 Å². The van der Waals surface area contributed by atoms with Crippen molar-refractivity contribution < 1.29 is 17.6 Å². The summed E-state index contributed by atoms with van der Waals surface area (Å²) in [6.07, 6.45) is -0.0839. The van der Waals surface area contributed by atoms with Gasteiger partial charge in [0.2, 0.25) is 15.9 Å². The van der Waals surface area contributed by atoms with Gasteiger partial charge in [-0.15, -0.1) is 0 Å². The minimum atomic E-state index is -3.73. The summed E-state index contributed by atoms with van der Waals surface area (Å²) in [6, 6.07) is 3.37. The highest BCUT2D eigenvalue weighted by molar-refractivity contribution is 7.89. The van der Waals surface area contributed by atoms with Crippen LogP contribution in [0.5, 0.6) is 0 Å². The van der Waals surface area contributed by atoms with E-state index in [1.807, 2.05) is 0 Å². The zero-order chi connectivity index (χ0) is 13.1. The second-order valence-corrected chi connectivity index (χ2v) is 5.26. The van der Waals surface area contributed by atoms with Gasteiger partial charge in [0, 0.05) is 13.0 Å². The van der Waals surface area contributed by atoms with E-state index in [2.05, 4.69) is 4.72 Å². The number of benzene rings is 1. The SMILES string of the molecule is Cc1cc(F)ccc1S(=O)(=O)NCCC(N)=O. The molecule has 0 unspecified atom stereocenters. The second-order valence-electron chi connectivity index (χ2n) is 3.52. The molecule has 0 heterocycles. The lowest BCUT2D eigenvalue weighted by Gasteiger charge is -2.08. The molecule has 0 aliphatic heterocycles. The Bertz CT molecular complexity index is 528. The highest BCUT2D eigenvalue weighted by Crippen LogP contribution is 2.15. The molecule has 3 N–H and O–H groups in total. The van der Waals surface area contributed by atoms with Crippen LogP contribution < -0.4 is 10.5 Å². The summed E-state index contributed by atoms with van der Waals surface area (Å²) in [7, 11) is -3.73. The molecule has 1 aromatic rings. The molecule has 1 amide bonds. The van der Waals surface area contributed by atoms with Crippen LogP contribution in [-0.2, 0) is 14.8 Å². The third-order valence-corrected chi connectivity index (χ3v) is 3.71. The molecule has 1 aromatic carbocycles. The molecule has 0 fully saturated rings. The Morgan fingerprint density at radius 3 is 2.65 bits per heavy atom. The number of hydrogen-bond acceptors (Lipinski definition) is 3. The number of rotatable bonds is 5. The fourth-order valence-electron chi connectivity index (χ4n) is 1.30. The fraction of sp³-hybridized carbons (Fsp3) is 0.300. The van der Waals surface area contributed by atoms with Crippen molar-refractivity contribution in [1.82, 2.24) is 4.72 Å². The standard InChI is InChI=1S/C10H13FN2O3S/c1-7-6-8(11)2-3-9(7)17(15,16)13-5-4-10(12)14/h2-3,6,13H,4-5H2,1H3,(H2,12,14). The van der Waals surface area contributed by atoms with Gasteiger partial charge in [-0.3, -0.25) is 4.79 Å². The highest BCUT2D eigenvalue weighted by Gasteiger charge is 2.16. The normalized spacial score (nSPS) is 11.4. The molecular formula is C10H13FN2O3S. The maximum atomic E-state index is 12.8. The first-order valence-electron chi connectivity index (χ1n) is 4.87. The highest BCUT2D eigenvalue weighted by atomic mass is 32.2. The van der Waals surface area contributed by atoms with Gasteiger partial charge in [0.15, 0.2) is 0 Å². The van der Waals surface area contributed by atoms with E-state index in [4.69, 9.17) is 5.73 Å². The minimum absolute atomic E-state index is 0.0108. The maximum Gasteiger partial charge on any atom is 0.240 e. The predicted octanol–water partition coefficient (Wildman–Crippen LogP) is 0.288. The molecule has 0 aromatic heterocycles. The van der Waals surface area contributed by atoms with Gasteiger partial charge < -0.3 is 5.73 Å². The Balaban J connectivity index is 2.86. The Morgan fingerprint density at radius 2 is 2.12 bits per heavy atom. The monoisotopic (exact) mass is 260 g/mol. The van der Waals surface area contributed by atoms with Crippen molar-refractivity contribution in [2.24, 2.45) is 5.73 Å². The van der Waals surface area contributed by atoms with Crippen LogP contribution in [0.1, 0.15) is 12.0 Å². The average molecular weight is 260 g/mol. The summed E-state index contributed by atoms with van der Waals surface area (Å²) in [5, 5.41) is 0. The molecule has 0 saturated carbocycles. The largest absolute Gasteiger partial charge is 0.370 e. The maximum absolute atomic E-state index is 12.8. The number of sulfonamides is 1. The van der Waals surface area contributed by atoms with Gasteiger partial charge in [-0.25, -0.2) is 17.5 Å². The number of carbonyl (C=O) groups is 1. The molecule has 1 rings (SSSR count). The van der Waals surface area contributed by atoms with Crippen LogP contribution in [0.15, 0.2) is 23.1 Å². The van der Waals surface area contributed by atoms with E-state index in [1.165, 1.54) is 13.0 Å². The molecule has 0 spiro atoms. The van der Waals surface area contributed by atoms with Crippen LogP contribution in [0, 0.1) is 12.7 Å². The quantitative estimate of drug-likeness (QED) is 0.797. The number of amides is 1. The summed E-state index contributed by atoms with van der Waals surface area (Å²) in [5.74, 6) is -1.10.